The number of ketones is 2. The zero-order valence-corrected chi connectivity index (χ0v) is 41.8. The number of ether oxygens (including phenoxy) is 2. The molecule has 0 aromatic carbocycles. The Morgan fingerprint density at radius 1 is 0.381 bits per heavy atom. The second kappa shape index (κ2) is 33.3. The van der Waals surface area contributed by atoms with E-state index in [-0.39, 0.29) is 17.6 Å². The van der Waals surface area contributed by atoms with E-state index < -0.39 is 37.2 Å². The quantitative estimate of drug-likeness (QED) is 0.0514. The van der Waals surface area contributed by atoms with Crippen molar-refractivity contribution in [1.29, 1.82) is 0 Å². The Balaban J connectivity index is 2.40. The highest BCUT2D eigenvalue weighted by Gasteiger charge is 2.34. The lowest BCUT2D eigenvalue weighted by atomic mass is 9.90. The first-order valence-corrected chi connectivity index (χ1v) is 23.7. The maximum Gasteiger partial charge on any atom is 0.228 e. The lowest BCUT2D eigenvalue weighted by Gasteiger charge is -2.19. The van der Waals surface area contributed by atoms with E-state index in [2.05, 4.69) is 124 Å². The summed E-state index contributed by atoms with van der Waals surface area (Å²) >= 11 is 0. The number of allylic oxidation sites excluding steroid dienone is 22. The molecule has 0 unspecified atom stereocenters. The van der Waals surface area contributed by atoms with Gasteiger partial charge in [0.25, 0.3) is 0 Å². The van der Waals surface area contributed by atoms with Crippen LogP contribution in [0.4, 0.5) is 0 Å². The molecule has 350 valence electrons. The van der Waals surface area contributed by atoms with Gasteiger partial charge in [0.05, 0.1) is 22.3 Å². The van der Waals surface area contributed by atoms with Crippen LogP contribution in [0.25, 0.3) is 0 Å². The fourth-order valence-corrected chi connectivity index (χ4v) is 7.41. The van der Waals surface area contributed by atoms with E-state index in [1.54, 1.807) is 0 Å². The van der Waals surface area contributed by atoms with Crippen LogP contribution in [0.15, 0.2) is 139 Å². The van der Waals surface area contributed by atoms with Crippen LogP contribution in [0, 0.1) is 0 Å². The van der Waals surface area contributed by atoms with E-state index in [4.69, 9.17) is 17.7 Å². The zero-order chi connectivity index (χ0) is 52.2. The minimum atomic E-state index is -3.08. The standard InChI is InChI=1S/C59H90O4/c1-44(2)24-15-25-45(3)26-16-27-46(4)28-17-29-47(5)30-18-31-48(6)32-19-33-49(7)34-20-35-50(8)36-21-37-51(9)38-22-39-52(10)40-23-41-53(11)42-43-55-54(12)56(60)58(62-13)59(63-14)57(55)61/h24,26,28,30,32,34,36,38,40,42H,15-23,25,27,29,31,33,35,37,39,41,43H2,1-14H3/b45-26+,46-28-,47-30-,48-32-,49-34-,50-36-,51-38-,52-40-,53-42+/i13D3,14D3. The molecule has 0 amide bonds. The van der Waals surface area contributed by atoms with Gasteiger partial charge in [0.2, 0.25) is 23.1 Å². The van der Waals surface area contributed by atoms with E-state index in [0.29, 0.717) is 0 Å². The molecule has 0 fully saturated rings. The number of carbonyl (C=O) groups is 2. The van der Waals surface area contributed by atoms with Crippen molar-refractivity contribution in [3.05, 3.63) is 139 Å². The lowest BCUT2D eigenvalue weighted by molar-refractivity contribution is -0.121. The van der Waals surface area contributed by atoms with Gasteiger partial charge in [-0.25, -0.2) is 0 Å². The highest BCUT2D eigenvalue weighted by atomic mass is 16.5. The van der Waals surface area contributed by atoms with Crippen LogP contribution in [0.2, 0.25) is 0 Å². The maximum atomic E-state index is 13.2. The molecule has 0 bridgehead atoms. The molecule has 0 aromatic heterocycles. The Kier molecular flexibility index (Phi) is 24.8. The van der Waals surface area contributed by atoms with Crippen molar-refractivity contribution in [2.45, 2.75) is 205 Å². The summed E-state index contributed by atoms with van der Waals surface area (Å²) in [6.45, 7) is 25.6. The molecule has 0 radical (unpaired) electrons. The third-order valence-corrected chi connectivity index (χ3v) is 11.9. The highest BCUT2D eigenvalue weighted by molar-refractivity contribution is 6.23. The number of Topliss-reactive ketones (excluding diaryl/α,β-unsaturated/α-hetero) is 2. The van der Waals surface area contributed by atoms with Crippen LogP contribution < -0.4 is 0 Å². The van der Waals surface area contributed by atoms with Gasteiger partial charge in [-0.1, -0.05) is 116 Å². The van der Waals surface area contributed by atoms with Crippen LogP contribution in [0.5, 0.6) is 0 Å². The smallest absolute Gasteiger partial charge is 0.228 e. The molecule has 0 N–H and O–H groups in total. The average molecular weight is 869 g/mol. The lowest BCUT2D eigenvalue weighted by Crippen LogP contribution is -2.24. The van der Waals surface area contributed by atoms with Gasteiger partial charge in [-0.2, -0.15) is 0 Å². The summed E-state index contributed by atoms with van der Waals surface area (Å²) in [6, 6.07) is 0. The van der Waals surface area contributed by atoms with Crippen LogP contribution >= 0.6 is 0 Å². The summed E-state index contributed by atoms with van der Waals surface area (Å²) in [5, 5.41) is 0. The van der Waals surface area contributed by atoms with Crippen molar-refractivity contribution in [1.82, 2.24) is 0 Å². The van der Waals surface area contributed by atoms with Crippen LogP contribution in [-0.2, 0) is 19.1 Å². The number of methoxy groups -OCH3 is 2. The van der Waals surface area contributed by atoms with Gasteiger partial charge in [-0.05, 0) is 205 Å². The fraction of sp³-hybridized carbons (Fsp3) is 0.559. The predicted molar refractivity (Wildman–Crippen MR) is 275 cm³/mol. The van der Waals surface area contributed by atoms with E-state index in [1.165, 1.54) is 63.5 Å². The molecule has 63 heavy (non-hydrogen) atoms. The number of hydrogen-bond acceptors (Lipinski definition) is 4. The van der Waals surface area contributed by atoms with Crippen LogP contribution in [0.1, 0.15) is 213 Å². The van der Waals surface area contributed by atoms with Gasteiger partial charge >= 0.3 is 0 Å². The topological polar surface area (TPSA) is 52.6 Å². The summed E-state index contributed by atoms with van der Waals surface area (Å²) in [6.07, 6.45) is 42.6. The Bertz CT molecular complexity index is 2060. The summed E-state index contributed by atoms with van der Waals surface area (Å²) in [7, 11) is -6.16. The fourth-order valence-electron chi connectivity index (χ4n) is 7.41. The van der Waals surface area contributed by atoms with E-state index in [0.717, 1.165) is 115 Å². The number of hydrogen-bond donors (Lipinski definition) is 0. The molecular formula is C59H90O4. The monoisotopic (exact) mass is 869 g/mol. The molecule has 1 rings (SSSR count). The van der Waals surface area contributed by atoms with Crippen molar-refractivity contribution in [3.63, 3.8) is 0 Å². The molecule has 0 heterocycles. The first-order valence-electron chi connectivity index (χ1n) is 26.7. The first kappa shape index (κ1) is 46.8. The Hall–Kier alpha value is -4.18. The summed E-state index contributed by atoms with van der Waals surface area (Å²) in [4.78, 5) is 26.2. The summed E-state index contributed by atoms with van der Waals surface area (Å²) in [5.74, 6) is -3.56. The molecule has 0 saturated heterocycles. The van der Waals surface area contributed by atoms with Gasteiger partial charge in [0.15, 0.2) is 0 Å². The predicted octanol–water partition coefficient (Wildman–Crippen LogP) is 17.9. The molecule has 0 spiro atoms. The molecule has 0 aliphatic heterocycles. The average Bonchev–Trinajstić information content (AvgIpc) is 3.23. The maximum absolute atomic E-state index is 13.2. The SMILES string of the molecule is [2H]C([2H])([2H])OC1=C(OC([2H])([2H])[2H])C(=O)C(C/C=C(\C)CC/C=C(/C)CC/C=C(/C)CC/C=C(/C)CC/C=C(/C)CC/C=C(/C)CC/C=C(/C)CC/C=C(/C)CC/C=C(\C)CCC=C(C)C)=C(C)C1=O. The van der Waals surface area contributed by atoms with Crippen LogP contribution in [0.3, 0.4) is 0 Å². The normalized spacial score (nSPS) is 17.7. The Morgan fingerprint density at radius 3 is 0.873 bits per heavy atom. The van der Waals surface area contributed by atoms with Gasteiger partial charge in [-0.15, -0.1) is 0 Å². The summed E-state index contributed by atoms with van der Waals surface area (Å²) in [5.41, 5.74) is 14.1. The van der Waals surface area contributed by atoms with E-state index >= 15 is 0 Å². The second-order valence-corrected chi connectivity index (χ2v) is 18.4. The van der Waals surface area contributed by atoms with Gasteiger partial charge in [0, 0.05) is 11.1 Å². The van der Waals surface area contributed by atoms with Crippen LogP contribution in [-0.4, -0.2) is 25.6 Å². The first-order chi connectivity index (χ1) is 32.3. The molecule has 1 aliphatic rings. The molecule has 0 aromatic rings. The van der Waals surface area contributed by atoms with Gasteiger partial charge < -0.3 is 9.47 Å². The Morgan fingerprint density at radius 2 is 0.619 bits per heavy atom. The zero-order valence-electron chi connectivity index (χ0n) is 47.8. The minimum absolute atomic E-state index is 0.0000270. The molecule has 4 nitrogen and oxygen atoms in total. The number of carbonyl (C=O) groups excluding carboxylic acids is 2. The third kappa shape index (κ3) is 26.3. The number of rotatable bonds is 31. The van der Waals surface area contributed by atoms with Crippen molar-refractivity contribution < 1.29 is 27.3 Å². The Labute approximate surface area is 396 Å². The van der Waals surface area contributed by atoms with Crippen molar-refractivity contribution >= 4 is 11.6 Å². The molecule has 1 aliphatic carbocycles. The van der Waals surface area contributed by atoms with E-state index in [9.17, 15) is 9.59 Å². The largest absolute Gasteiger partial charge is 0.489 e. The molecule has 0 saturated carbocycles. The molecular weight excluding hydrogens is 773 g/mol. The highest BCUT2D eigenvalue weighted by Crippen LogP contribution is 2.28. The van der Waals surface area contributed by atoms with Crippen molar-refractivity contribution in [2.75, 3.05) is 14.1 Å². The second-order valence-electron chi connectivity index (χ2n) is 18.4. The van der Waals surface area contributed by atoms with E-state index in [1.807, 2.05) is 13.0 Å². The molecule has 0 atom stereocenters. The van der Waals surface area contributed by atoms with Crippen molar-refractivity contribution in [3.8, 4) is 0 Å². The third-order valence-electron chi connectivity index (χ3n) is 11.9. The van der Waals surface area contributed by atoms with Gasteiger partial charge in [-0.3, -0.25) is 9.59 Å². The van der Waals surface area contributed by atoms with Gasteiger partial charge in [0.1, 0.15) is 0 Å². The summed E-state index contributed by atoms with van der Waals surface area (Å²) < 4.78 is 53.8. The molecule has 4 heteroatoms. The van der Waals surface area contributed by atoms with Crippen molar-refractivity contribution in [2.24, 2.45) is 0 Å². The minimum Gasteiger partial charge on any atom is -0.489 e.